The Balaban J connectivity index is 1.84. The zero-order valence-electron chi connectivity index (χ0n) is 14.4. The van der Waals surface area contributed by atoms with E-state index in [1.807, 2.05) is 31.2 Å². The second-order valence-electron chi connectivity index (χ2n) is 5.65. The third-order valence-electron chi connectivity index (χ3n) is 3.66. The highest BCUT2D eigenvalue weighted by atomic mass is 35.5. The molecule has 1 atom stereocenters. The van der Waals surface area contributed by atoms with Crippen LogP contribution in [-0.4, -0.2) is 25.2 Å². The van der Waals surface area contributed by atoms with Crippen molar-refractivity contribution in [2.24, 2.45) is 5.73 Å². The molecule has 0 unspecified atom stereocenters. The van der Waals surface area contributed by atoms with Gasteiger partial charge in [0.15, 0.2) is 0 Å². The average molecular weight is 377 g/mol. The topological polar surface area (TPSA) is 90.7 Å². The molecule has 0 saturated heterocycles. The number of hydrogen-bond acceptors (Lipinski definition) is 4. The molecule has 2 aromatic carbocycles. The molecular weight excluding hydrogens is 356 g/mol. The van der Waals surface area contributed by atoms with Crippen LogP contribution in [-0.2, 0) is 9.53 Å². The first-order chi connectivity index (χ1) is 12.5. The third kappa shape index (κ3) is 6.29. The summed E-state index contributed by atoms with van der Waals surface area (Å²) in [6.45, 7) is 2.29. The Labute approximate surface area is 157 Å². The highest BCUT2D eigenvalue weighted by Crippen LogP contribution is 2.20. The zero-order chi connectivity index (χ0) is 18.9. The maximum Gasteiger partial charge on any atom is 0.312 e. The van der Waals surface area contributed by atoms with Crippen LogP contribution in [0.5, 0.6) is 5.75 Å². The van der Waals surface area contributed by atoms with E-state index in [0.717, 1.165) is 11.3 Å². The minimum Gasteiger partial charge on any atom is -0.490 e. The first-order valence-corrected chi connectivity index (χ1v) is 8.49. The molecule has 0 fully saturated rings. The minimum atomic E-state index is -0.722. The molecule has 2 rings (SSSR count). The number of nitrogens with two attached hydrogens (primary N) is 1. The monoisotopic (exact) mass is 376 g/mol. The number of para-hydroxylation sites is 1. The van der Waals surface area contributed by atoms with E-state index < -0.39 is 18.0 Å². The fraction of sp³-hybridized carbons (Fsp3) is 0.263. The lowest BCUT2D eigenvalue weighted by Crippen LogP contribution is -2.34. The fourth-order valence-corrected chi connectivity index (χ4v) is 2.50. The molecule has 0 aliphatic rings. The number of benzene rings is 2. The van der Waals surface area contributed by atoms with Crippen molar-refractivity contribution >= 4 is 23.6 Å². The number of carbonyl (C=O) groups excluding carboxylic acids is 2. The summed E-state index contributed by atoms with van der Waals surface area (Å²) in [5.41, 5.74) is 6.90. The summed E-state index contributed by atoms with van der Waals surface area (Å²) in [6, 6.07) is 13.1. The maximum absolute atomic E-state index is 12.1. The van der Waals surface area contributed by atoms with Crippen LogP contribution in [0.4, 0.5) is 4.79 Å². The van der Waals surface area contributed by atoms with Crippen LogP contribution < -0.4 is 15.8 Å². The summed E-state index contributed by atoms with van der Waals surface area (Å²) in [7, 11) is 0. The molecule has 0 aliphatic carbocycles. The van der Waals surface area contributed by atoms with Crippen LogP contribution in [0.25, 0.3) is 0 Å². The van der Waals surface area contributed by atoms with Gasteiger partial charge in [0.2, 0.25) is 0 Å². The van der Waals surface area contributed by atoms with Gasteiger partial charge >= 0.3 is 12.0 Å². The number of aryl methyl sites for hydroxylation is 1. The molecule has 7 heteroatoms. The van der Waals surface area contributed by atoms with Gasteiger partial charge in [0.25, 0.3) is 0 Å². The molecule has 138 valence electrons. The van der Waals surface area contributed by atoms with Gasteiger partial charge in [0.05, 0.1) is 12.5 Å². The van der Waals surface area contributed by atoms with Crippen LogP contribution >= 0.6 is 11.6 Å². The van der Waals surface area contributed by atoms with Gasteiger partial charge in [-0.2, -0.15) is 0 Å². The Bertz CT molecular complexity index is 749. The number of primary amides is 1. The highest BCUT2D eigenvalue weighted by molar-refractivity contribution is 6.30. The first kappa shape index (κ1) is 19.6. The van der Waals surface area contributed by atoms with E-state index in [0.29, 0.717) is 10.6 Å². The van der Waals surface area contributed by atoms with Crippen molar-refractivity contribution in [1.29, 1.82) is 0 Å². The van der Waals surface area contributed by atoms with Gasteiger partial charge in [-0.15, -0.1) is 0 Å². The van der Waals surface area contributed by atoms with E-state index in [1.54, 1.807) is 24.3 Å². The smallest absolute Gasteiger partial charge is 0.312 e. The number of ether oxygens (including phenoxy) is 2. The number of rotatable bonds is 8. The number of carbonyl (C=O) groups is 2. The van der Waals surface area contributed by atoms with Gasteiger partial charge in [-0.25, -0.2) is 4.79 Å². The Kier molecular flexibility index (Phi) is 7.29. The molecule has 3 N–H and O–H groups in total. The molecule has 0 aliphatic heterocycles. The second kappa shape index (κ2) is 9.68. The van der Waals surface area contributed by atoms with Gasteiger partial charge in [-0.05, 0) is 36.2 Å². The molecule has 2 amide bonds. The molecular formula is C19H21ClN2O4. The lowest BCUT2D eigenvalue weighted by molar-refractivity contribution is -0.144. The summed E-state index contributed by atoms with van der Waals surface area (Å²) in [5.74, 6) is 0.282. The van der Waals surface area contributed by atoms with Gasteiger partial charge < -0.3 is 20.5 Å². The largest absolute Gasteiger partial charge is 0.490 e. The van der Waals surface area contributed by atoms with Crippen molar-refractivity contribution in [3.63, 3.8) is 0 Å². The first-order valence-electron chi connectivity index (χ1n) is 8.11. The Hall–Kier alpha value is -2.73. The van der Waals surface area contributed by atoms with E-state index in [4.69, 9.17) is 26.8 Å². The molecule has 0 saturated carbocycles. The van der Waals surface area contributed by atoms with E-state index in [2.05, 4.69) is 5.32 Å². The van der Waals surface area contributed by atoms with Crippen LogP contribution in [0, 0.1) is 6.92 Å². The maximum atomic E-state index is 12.1. The van der Waals surface area contributed by atoms with E-state index in [-0.39, 0.29) is 19.6 Å². The standard InChI is InChI=1S/C19H21ClN2O4/c1-13-4-2-3-5-17(13)25-10-11-26-18(23)12-16(22-19(21)24)14-6-8-15(20)9-7-14/h2-9,16H,10-12H2,1H3,(H3,21,22,24)/t16-/m0/s1. The number of hydrogen-bond donors (Lipinski definition) is 2. The Morgan fingerprint density at radius 3 is 2.46 bits per heavy atom. The molecule has 0 heterocycles. The summed E-state index contributed by atoms with van der Waals surface area (Å²) in [4.78, 5) is 23.3. The van der Waals surface area contributed by atoms with Gasteiger partial charge in [-0.3, -0.25) is 4.79 Å². The average Bonchev–Trinajstić information content (AvgIpc) is 2.60. The number of halogens is 1. The molecule has 0 bridgehead atoms. The van der Waals surface area contributed by atoms with Crippen molar-refractivity contribution in [2.45, 2.75) is 19.4 Å². The van der Waals surface area contributed by atoms with E-state index >= 15 is 0 Å². The van der Waals surface area contributed by atoms with Gasteiger partial charge in [-0.1, -0.05) is 41.9 Å². The molecule has 0 spiro atoms. The molecule has 0 radical (unpaired) electrons. The summed E-state index contributed by atoms with van der Waals surface area (Å²) < 4.78 is 10.8. The fourth-order valence-electron chi connectivity index (χ4n) is 2.37. The predicted octanol–water partition coefficient (Wildman–Crippen LogP) is 3.37. The van der Waals surface area contributed by atoms with E-state index in [9.17, 15) is 9.59 Å². The quantitative estimate of drug-likeness (QED) is 0.546. The lowest BCUT2D eigenvalue weighted by atomic mass is 10.0. The normalized spacial score (nSPS) is 11.5. The predicted molar refractivity (Wildman–Crippen MR) is 99.2 cm³/mol. The summed E-state index contributed by atoms with van der Waals surface area (Å²) >= 11 is 5.86. The molecule has 2 aromatic rings. The van der Waals surface area contributed by atoms with Crippen LogP contribution in [0.3, 0.4) is 0 Å². The number of amides is 2. The molecule has 0 aromatic heterocycles. The highest BCUT2D eigenvalue weighted by Gasteiger charge is 2.18. The van der Waals surface area contributed by atoms with Gasteiger partial charge in [0.1, 0.15) is 19.0 Å². The van der Waals surface area contributed by atoms with Crippen LogP contribution in [0.15, 0.2) is 48.5 Å². The number of urea groups is 1. The van der Waals surface area contributed by atoms with Gasteiger partial charge in [0, 0.05) is 5.02 Å². The summed E-state index contributed by atoms with van der Waals surface area (Å²) in [5, 5.41) is 3.09. The van der Waals surface area contributed by atoms with Crippen LogP contribution in [0.1, 0.15) is 23.6 Å². The van der Waals surface area contributed by atoms with Crippen molar-refractivity contribution < 1.29 is 19.1 Å². The minimum absolute atomic E-state index is 0.0467. The third-order valence-corrected chi connectivity index (χ3v) is 3.91. The Morgan fingerprint density at radius 2 is 1.81 bits per heavy atom. The molecule has 6 nitrogen and oxygen atoms in total. The Morgan fingerprint density at radius 1 is 1.12 bits per heavy atom. The lowest BCUT2D eigenvalue weighted by Gasteiger charge is -2.17. The second-order valence-corrected chi connectivity index (χ2v) is 6.09. The van der Waals surface area contributed by atoms with E-state index in [1.165, 1.54) is 0 Å². The van der Waals surface area contributed by atoms with Crippen molar-refractivity contribution in [1.82, 2.24) is 5.32 Å². The van der Waals surface area contributed by atoms with Crippen LogP contribution in [0.2, 0.25) is 5.02 Å². The zero-order valence-corrected chi connectivity index (χ0v) is 15.2. The molecule has 26 heavy (non-hydrogen) atoms. The van der Waals surface area contributed by atoms with Crippen molar-refractivity contribution in [2.75, 3.05) is 13.2 Å². The SMILES string of the molecule is Cc1ccccc1OCCOC(=O)C[C@H](NC(N)=O)c1ccc(Cl)cc1. The van der Waals surface area contributed by atoms with Crippen molar-refractivity contribution in [3.8, 4) is 5.75 Å². The summed E-state index contributed by atoms with van der Waals surface area (Å²) in [6.07, 6.45) is -0.0467. The number of esters is 1. The van der Waals surface area contributed by atoms with Crippen molar-refractivity contribution in [3.05, 3.63) is 64.7 Å². The number of nitrogens with one attached hydrogen (secondary N) is 1.